The third-order valence-electron chi connectivity index (χ3n) is 2.46. The fraction of sp³-hybridized carbons (Fsp3) is 0.500. The van der Waals surface area contributed by atoms with Crippen LogP contribution < -0.4 is 11.5 Å². The van der Waals surface area contributed by atoms with Crippen LogP contribution in [0.2, 0.25) is 5.02 Å². The van der Waals surface area contributed by atoms with Gasteiger partial charge in [0.1, 0.15) is 5.75 Å². The van der Waals surface area contributed by atoms with E-state index in [1.165, 1.54) is 0 Å². The van der Waals surface area contributed by atoms with E-state index >= 15 is 0 Å². The Morgan fingerprint density at radius 3 is 1.56 bits per heavy atom. The average Bonchev–Trinajstić information content (AvgIpc) is 2.04. The monoisotopic (exact) mass is 242 g/mol. The SMILES string of the molecule is CC(C)(N)c1cc(Cl)cc(C(C)(C)N)c1O. The van der Waals surface area contributed by atoms with Gasteiger partial charge in [0.25, 0.3) is 0 Å². The molecule has 0 unspecified atom stereocenters. The molecule has 0 aliphatic rings. The number of hydrogen-bond donors (Lipinski definition) is 3. The van der Waals surface area contributed by atoms with Gasteiger partial charge in [0.15, 0.2) is 0 Å². The molecular formula is C12H19ClN2O. The number of phenols is 1. The third kappa shape index (κ3) is 2.67. The number of rotatable bonds is 2. The maximum absolute atomic E-state index is 10.2. The van der Waals surface area contributed by atoms with Crippen molar-refractivity contribution in [1.82, 2.24) is 0 Å². The highest BCUT2D eigenvalue weighted by Gasteiger charge is 2.26. The number of hydrogen-bond acceptors (Lipinski definition) is 3. The average molecular weight is 243 g/mol. The van der Waals surface area contributed by atoms with Crippen molar-refractivity contribution in [2.45, 2.75) is 38.8 Å². The Balaban J connectivity index is 3.51. The van der Waals surface area contributed by atoms with Crippen LogP contribution in [0.4, 0.5) is 0 Å². The number of phenolic OH excluding ortho intramolecular Hbond substituents is 1. The van der Waals surface area contributed by atoms with Crippen molar-refractivity contribution in [3.63, 3.8) is 0 Å². The minimum Gasteiger partial charge on any atom is -0.507 e. The minimum atomic E-state index is -0.658. The molecule has 0 bridgehead atoms. The van der Waals surface area contributed by atoms with Crippen LogP contribution in [-0.2, 0) is 11.1 Å². The Morgan fingerprint density at radius 1 is 1.00 bits per heavy atom. The molecule has 0 fully saturated rings. The molecule has 0 heterocycles. The molecule has 5 N–H and O–H groups in total. The number of nitrogens with two attached hydrogens (primary N) is 2. The lowest BCUT2D eigenvalue weighted by atomic mass is 9.87. The molecule has 0 saturated carbocycles. The Hall–Kier alpha value is -0.770. The lowest BCUT2D eigenvalue weighted by molar-refractivity contribution is 0.414. The first-order valence-corrected chi connectivity index (χ1v) is 5.52. The summed E-state index contributed by atoms with van der Waals surface area (Å²) in [6.45, 7) is 7.24. The summed E-state index contributed by atoms with van der Waals surface area (Å²) in [5.41, 5.74) is 11.9. The molecule has 0 saturated heterocycles. The van der Waals surface area contributed by atoms with E-state index in [2.05, 4.69) is 0 Å². The van der Waals surface area contributed by atoms with Crippen LogP contribution in [0.25, 0.3) is 0 Å². The molecule has 90 valence electrons. The van der Waals surface area contributed by atoms with E-state index in [4.69, 9.17) is 23.1 Å². The van der Waals surface area contributed by atoms with Gasteiger partial charge in [0, 0.05) is 27.2 Å². The summed E-state index contributed by atoms with van der Waals surface area (Å²) in [5, 5.41) is 10.7. The molecule has 1 rings (SSSR count). The number of benzene rings is 1. The van der Waals surface area contributed by atoms with Crippen LogP contribution >= 0.6 is 11.6 Å². The van der Waals surface area contributed by atoms with E-state index in [0.717, 1.165) is 0 Å². The molecular weight excluding hydrogens is 224 g/mol. The van der Waals surface area contributed by atoms with Crippen molar-refractivity contribution in [3.05, 3.63) is 28.3 Å². The van der Waals surface area contributed by atoms with Gasteiger partial charge in [-0.3, -0.25) is 0 Å². The first-order chi connectivity index (χ1) is 7.03. The molecule has 3 nitrogen and oxygen atoms in total. The second-order valence-electron chi connectivity index (χ2n) is 5.29. The smallest absolute Gasteiger partial charge is 0.125 e. The summed E-state index contributed by atoms with van der Waals surface area (Å²) in [6, 6.07) is 3.35. The van der Waals surface area contributed by atoms with Crippen LogP contribution in [-0.4, -0.2) is 5.11 Å². The highest BCUT2D eigenvalue weighted by molar-refractivity contribution is 6.30. The van der Waals surface area contributed by atoms with E-state index in [0.29, 0.717) is 16.1 Å². The van der Waals surface area contributed by atoms with Gasteiger partial charge in [-0.2, -0.15) is 0 Å². The number of halogens is 1. The predicted octanol–water partition coefficient (Wildman–Crippen LogP) is 2.43. The van der Waals surface area contributed by atoms with Crippen LogP contribution in [0.15, 0.2) is 12.1 Å². The molecule has 16 heavy (non-hydrogen) atoms. The maximum Gasteiger partial charge on any atom is 0.125 e. The lowest BCUT2D eigenvalue weighted by Crippen LogP contribution is -2.32. The van der Waals surface area contributed by atoms with Crippen molar-refractivity contribution < 1.29 is 5.11 Å². The van der Waals surface area contributed by atoms with Gasteiger partial charge in [0.2, 0.25) is 0 Å². The Labute approximate surface area is 101 Å². The first-order valence-electron chi connectivity index (χ1n) is 5.14. The van der Waals surface area contributed by atoms with Crippen molar-refractivity contribution in [1.29, 1.82) is 0 Å². The highest BCUT2D eigenvalue weighted by atomic mass is 35.5. The van der Waals surface area contributed by atoms with Crippen molar-refractivity contribution in [2.75, 3.05) is 0 Å². The summed E-state index contributed by atoms with van der Waals surface area (Å²) >= 11 is 6.01. The van der Waals surface area contributed by atoms with Crippen LogP contribution in [0, 0.1) is 0 Å². The van der Waals surface area contributed by atoms with Crippen LogP contribution in [0.1, 0.15) is 38.8 Å². The van der Waals surface area contributed by atoms with Crippen molar-refractivity contribution >= 4 is 11.6 Å². The molecule has 0 aliphatic carbocycles. The fourth-order valence-corrected chi connectivity index (χ4v) is 1.80. The van der Waals surface area contributed by atoms with Gasteiger partial charge in [-0.25, -0.2) is 0 Å². The van der Waals surface area contributed by atoms with Crippen LogP contribution in [0.3, 0.4) is 0 Å². The normalized spacial score (nSPS) is 12.9. The van der Waals surface area contributed by atoms with Gasteiger partial charge in [-0.1, -0.05) is 11.6 Å². The summed E-state index contributed by atoms with van der Waals surface area (Å²) in [6.07, 6.45) is 0. The van der Waals surface area contributed by atoms with Crippen molar-refractivity contribution in [2.24, 2.45) is 11.5 Å². The molecule has 1 aromatic rings. The minimum absolute atomic E-state index is 0.129. The third-order valence-corrected chi connectivity index (χ3v) is 2.68. The van der Waals surface area contributed by atoms with E-state index in [1.807, 2.05) is 27.7 Å². The zero-order chi connectivity index (χ0) is 12.7. The number of aromatic hydroxyl groups is 1. The van der Waals surface area contributed by atoms with Crippen molar-refractivity contribution in [3.8, 4) is 5.75 Å². The van der Waals surface area contributed by atoms with E-state index in [-0.39, 0.29) is 5.75 Å². The molecule has 1 aromatic carbocycles. The first kappa shape index (κ1) is 13.3. The maximum atomic E-state index is 10.2. The van der Waals surface area contributed by atoms with Gasteiger partial charge in [-0.15, -0.1) is 0 Å². The summed E-state index contributed by atoms with van der Waals surface area (Å²) in [5.74, 6) is 0.129. The van der Waals surface area contributed by atoms with E-state index in [9.17, 15) is 5.11 Å². The largest absolute Gasteiger partial charge is 0.507 e. The summed E-state index contributed by atoms with van der Waals surface area (Å²) in [4.78, 5) is 0. The Kier molecular flexibility index (Phi) is 3.25. The Morgan fingerprint density at radius 2 is 1.31 bits per heavy atom. The highest BCUT2D eigenvalue weighted by Crippen LogP contribution is 2.37. The molecule has 0 spiro atoms. The molecule has 0 aromatic heterocycles. The van der Waals surface area contributed by atoms with E-state index < -0.39 is 11.1 Å². The molecule has 0 amide bonds. The summed E-state index contributed by atoms with van der Waals surface area (Å²) in [7, 11) is 0. The second kappa shape index (κ2) is 3.91. The second-order valence-corrected chi connectivity index (χ2v) is 5.73. The van der Waals surface area contributed by atoms with Crippen LogP contribution in [0.5, 0.6) is 5.75 Å². The van der Waals surface area contributed by atoms with Gasteiger partial charge in [-0.05, 0) is 39.8 Å². The lowest BCUT2D eigenvalue weighted by Gasteiger charge is -2.27. The topological polar surface area (TPSA) is 72.3 Å². The fourth-order valence-electron chi connectivity index (χ4n) is 1.58. The van der Waals surface area contributed by atoms with E-state index in [1.54, 1.807) is 12.1 Å². The zero-order valence-corrected chi connectivity index (χ0v) is 10.9. The quantitative estimate of drug-likeness (QED) is 0.746. The molecule has 0 aliphatic heterocycles. The van der Waals surface area contributed by atoms with Gasteiger partial charge < -0.3 is 16.6 Å². The zero-order valence-electron chi connectivity index (χ0n) is 10.1. The standard InChI is InChI=1S/C12H19ClN2O/c1-11(2,14)8-5-7(13)6-9(10(8)16)12(3,4)15/h5-6,16H,14-15H2,1-4H3. The molecule has 0 radical (unpaired) electrons. The predicted molar refractivity (Wildman–Crippen MR) is 67.5 cm³/mol. The van der Waals surface area contributed by atoms with Gasteiger partial charge >= 0.3 is 0 Å². The van der Waals surface area contributed by atoms with Gasteiger partial charge in [0.05, 0.1) is 0 Å². The molecule has 0 atom stereocenters. The summed E-state index contributed by atoms with van der Waals surface area (Å²) < 4.78 is 0. The molecule has 4 heteroatoms. The Bertz CT molecular complexity index is 367.